The van der Waals surface area contributed by atoms with Crippen molar-refractivity contribution in [3.63, 3.8) is 0 Å². The van der Waals surface area contributed by atoms with Crippen molar-refractivity contribution in [1.29, 1.82) is 0 Å². The Balaban J connectivity index is 1.12. The van der Waals surface area contributed by atoms with Gasteiger partial charge < -0.3 is 14.5 Å². The molecule has 3 aromatic rings. The Morgan fingerprint density at radius 1 is 0.946 bits per heavy atom. The number of thiophene rings is 1. The van der Waals surface area contributed by atoms with Crippen molar-refractivity contribution in [2.45, 2.75) is 38.5 Å². The van der Waals surface area contributed by atoms with E-state index >= 15 is 0 Å². The zero-order valence-corrected chi connectivity index (χ0v) is 22.2. The lowest BCUT2D eigenvalue weighted by Gasteiger charge is -2.40. The monoisotopic (exact) mass is 517 g/mol. The summed E-state index contributed by atoms with van der Waals surface area (Å²) in [5.41, 5.74) is 3.71. The zero-order chi connectivity index (χ0) is 25.6. The molecule has 1 aromatic heterocycles. The van der Waals surface area contributed by atoms with Crippen molar-refractivity contribution < 1.29 is 14.3 Å². The minimum atomic E-state index is -0.0223. The summed E-state index contributed by atoms with van der Waals surface area (Å²) in [6.45, 7) is 5.89. The molecule has 0 bridgehead atoms. The zero-order valence-electron chi connectivity index (χ0n) is 21.4. The van der Waals surface area contributed by atoms with Crippen LogP contribution in [-0.4, -0.2) is 71.9 Å². The van der Waals surface area contributed by atoms with E-state index in [1.807, 2.05) is 58.4 Å². The predicted octanol–water partition coefficient (Wildman–Crippen LogP) is 4.36. The van der Waals surface area contributed by atoms with E-state index in [4.69, 9.17) is 4.74 Å². The minimum absolute atomic E-state index is 0.0129. The highest BCUT2D eigenvalue weighted by molar-refractivity contribution is 7.10. The quantitative estimate of drug-likeness (QED) is 0.446. The lowest BCUT2D eigenvalue weighted by atomic mass is 9.93. The fraction of sp³-hybridized carbons (Fsp3) is 0.400. The lowest BCUT2D eigenvalue weighted by Crippen LogP contribution is -2.56. The molecule has 0 saturated carbocycles. The minimum Gasteiger partial charge on any atom is -0.367 e. The molecule has 6 nitrogen and oxygen atoms in total. The summed E-state index contributed by atoms with van der Waals surface area (Å²) < 4.78 is 5.65. The van der Waals surface area contributed by atoms with Gasteiger partial charge in [0.25, 0.3) is 0 Å². The molecular weight excluding hydrogens is 482 g/mol. The van der Waals surface area contributed by atoms with Gasteiger partial charge in [0.1, 0.15) is 6.61 Å². The maximum Gasteiger partial charge on any atom is 0.248 e. The van der Waals surface area contributed by atoms with Crippen molar-refractivity contribution in [2.75, 3.05) is 39.3 Å². The summed E-state index contributed by atoms with van der Waals surface area (Å²) >= 11 is 1.84. The van der Waals surface area contributed by atoms with Gasteiger partial charge in [-0.15, -0.1) is 11.3 Å². The molecule has 0 N–H and O–H groups in total. The molecule has 194 valence electrons. The standard InChI is InChI=1S/C30H35N3O3S/c1-23-20-32(17-18-33(23)29(35)22-36-21-24-8-4-2-5-9-24)28(34)13-16-31-15-12-27-26(14-19-37-27)30(31)25-10-6-3-7-11-25/h2-11,14,19,23,30H,12-13,15-18,20-22H2,1H3. The van der Waals surface area contributed by atoms with E-state index in [2.05, 4.69) is 46.7 Å². The topological polar surface area (TPSA) is 53.1 Å². The molecule has 37 heavy (non-hydrogen) atoms. The maximum absolute atomic E-state index is 13.2. The third-order valence-electron chi connectivity index (χ3n) is 7.43. The molecule has 2 atom stereocenters. The summed E-state index contributed by atoms with van der Waals surface area (Å²) in [5, 5.41) is 2.18. The van der Waals surface area contributed by atoms with E-state index in [9.17, 15) is 9.59 Å². The smallest absolute Gasteiger partial charge is 0.248 e. The fourth-order valence-corrected chi connectivity index (χ4v) is 6.40. The first-order valence-corrected chi connectivity index (χ1v) is 14.0. The van der Waals surface area contributed by atoms with Gasteiger partial charge in [0, 0.05) is 50.1 Å². The summed E-state index contributed by atoms with van der Waals surface area (Å²) in [7, 11) is 0. The van der Waals surface area contributed by atoms with Crippen LogP contribution in [-0.2, 0) is 27.4 Å². The molecule has 2 aromatic carbocycles. The first-order chi connectivity index (χ1) is 18.1. The average Bonchev–Trinajstić information content (AvgIpc) is 3.41. The number of rotatable bonds is 8. The van der Waals surface area contributed by atoms with E-state index in [0.717, 1.165) is 25.1 Å². The molecule has 1 saturated heterocycles. The number of nitrogens with zero attached hydrogens (tertiary/aromatic N) is 3. The summed E-state index contributed by atoms with van der Waals surface area (Å²) in [5.74, 6) is 0.156. The first-order valence-electron chi connectivity index (χ1n) is 13.1. The van der Waals surface area contributed by atoms with Gasteiger partial charge in [0.15, 0.2) is 0 Å². The molecule has 2 aliphatic rings. The third-order valence-corrected chi connectivity index (χ3v) is 8.43. The van der Waals surface area contributed by atoms with Crippen LogP contribution in [0.25, 0.3) is 0 Å². The van der Waals surface area contributed by atoms with Gasteiger partial charge in [-0.3, -0.25) is 14.5 Å². The Morgan fingerprint density at radius 2 is 1.70 bits per heavy atom. The average molecular weight is 518 g/mol. The lowest BCUT2D eigenvalue weighted by molar-refractivity contribution is -0.146. The largest absolute Gasteiger partial charge is 0.367 e. The van der Waals surface area contributed by atoms with Crippen LogP contribution in [0, 0.1) is 0 Å². The van der Waals surface area contributed by atoms with Gasteiger partial charge in [0.05, 0.1) is 12.6 Å². The van der Waals surface area contributed by atoms with Crippen molar-refractivity contribution >= 4 is 23.2 Å². The Hall–Kier alpha value is -3.00. The first kappa shape index (κ1) is 25.6. The maximum atomic E-state index is 13.2. The molecule has 7 heteroatoms. The fourth-order valence-electron chi connectivity index (χ4n) is 5.50. The van der Waals surface area contributed by atoms with Crippen molar-refractivity contribution in [2.24, 2.45) is 0 Å². The van der Waals surface area contributed by atoms with Gasteiger partial charge in [-0.2, -0.15) is 0 Å². The molecular formula is C30H35N3O3S. The number of amides is 2. The molecule has 0 spiro atoms. The van der Waals surface area contributed by atoms with Crippen LogP contribution in [0.1, 0.15) is 41.0 Å². The van der Waals surface area contributed by atoms with E-state index in [0.29, 0.717) is 32.7 Å². The third kappa shape index (κ3) is 6.12. The Morgan fingerprint density at radius 3 is 2.46 bits per heavy atom. The SMILES string of the molecule is CC1CN(C(=O)CCN2CCc3sccc3C2c2ccccc2)CCN1C(=O)COCc1ccccc1. The number of hydrogen-bond acceptors (Lipinski definition) is 5. The van der Waals surface area contributed by atoms with Crippen LogP contribution < -0.4 is 0 Å². The molecule has 5 rings (SSSR count). The number of piperazine rings is 1. The normalized spacial score (nSPS) is 20.0. The molecule has 0 aliphatic carbocycles. The van der Waals surface area contributed by atoms with E-state index in [1.54, 1.807) is 0 Å². The number of hydrogen-bond donors (Lipinski definition) is 0. The summed E-state index contributed by atoms with van der Waals surface area (Å²) in [4.78, 5) is 33.6. The van der Waals surface area contributed by atoms with E-state index in [-0.39, 0.29) is 30.5 Å². The van der Waals surface area contributed by atoms with E-state index in [1.165, 1.54) is 16.0 Å². The van der Waals surface area contributed by atoms with Crippen molar-refractivity contribution in [3.8, 4) is 0 Å². The van der Waals surface area contributed by atoms with Gasteiger partial charge in [0.2, 0.25) is 11.8 Å². The van der Waals surface area contributed by atoms with Gasteiger partial charge in [-0.05, 0) is 41.5 Å². The summed E-state index contributed by atoms with van der Waals surface area (Å²) in [6, 6.07) is 22.9. The van der Waals surface area contributed by atoms with Crippen LogP contribution in [0.3, 0.4) is 0 Å². The highest BCUT2D eigenvalue weighted by Gasteiger charge is 2.32. The molecule has 1 fully saturated rings. The predicted molar refractivity (Wildman–Crippen MR) is 146 cm³/mol. The second kappa shape index (κ2) is 12.0. The van der Waals surface area contributed by atoms with E-state index < -0.39 is 0 Å². The Kier molecular flexibility index (Phi) is 8.34. The summed E-state index contributed by atoms with van der Waals surface area (Å²) in [6.07, 6.45) is 1.53. The Labute approximate surface area is 223 Å². The number of carbonyl (C=O) groups excluding carboxylic acids is 2. The van der Waals surface area contributed by atoms with Crippen molar-refractivity contribution in [1.82, 2.24) is 14.7 Å². The highest BCUT2D eigenvalue weighted by Crippen LogP contribution is 2.37. The molecule has 2 amide bonds. The second-order valence-electron chi connectivity index (χ2n) is 9.90. The molecule has 2 aliphatic heterocycles. The number of fused-ring (bicyclic) bond motifs is 1. The van der Waals surface area contributed by atoms with Crippen LogP contribution in [0.15, 0.2) is 72.1 Å². The molecule has 2 unspecified atom stereocenters. The van der Waals surface area contributed by atoms with Crippen molar-refractivity contribution in [3.05, 3.63) is 93.7 Å². The number of carbonyl (C=O) groups is 2. The van der Waals surface area contributed by atoms with Crippen LogP contribution >= 0.6 is 11.3 Å². The number of benzene rings is 2. The second-order valence-corrected chi connectivity index (χ2v) is 10.9. The van der Waals surface area contributed by atoms with Crippen LogP contribution in [0.5, 0.6) is 0 Å². The van der Waals surface area contributed by atoms with Gasteiger partial charge in [-0.1, -0.05) is 60.7 Å². The molecule has 0 radical (unpaired) electrons. The molecule has 3 heterocycles. The van der Waals surface area contributed by atoms with Crippen LogP contribution in [0.4, 0.5) is 0 Å². The highest BCUT2D eigenvalue weighted by atomic mass is 32.1. The van der Waals surface area contributed by atoms with Gasteiger partial charge in [-0.25, -0.2) is 0 Å². The van der Waals surface area contributed by atoms with Crippen LogP contribution in [0.2, 0.25) is 0 Å². The van der Waals surface area contributed by atoms with Gasteiger partial charge >= 0.3 is 0 Å². The number of ether oxygens (including phenoxy) is 1. The Bertz CT molecular complexity index is 1180.